The summed E-state index contributed by atoms with van der Waals surface area (Å²) in [5.41, 5.74) is 3.75. The maximum Gasteiger partial charge on any atom is 0.136 e. The molecule has 1 aliphatic heterocycles. The van der Waals surface area contributed by atoms with Crippen LogP contribution in [-0.4, -0.2) is 12.6 Å². The highest BCUT2D eigenvalue weighted by Gasteiger charge is 2.16. The van der Waals surface area contributed by atoms with Crippen molar-refractivity contribution >= 4 is 15.9 Å². The minimum absolute atomic E-state index is 0.601. The summed E-state index contributed by atoms with van der Waals surface area (Å²) in [6.45, 7) is 3.88. The van der Waals surface area contributed by atoms with Crippen molar-refractivity contribution in [1.82, 2.24) is 5.32 Å². The van der Waals surface area contributed by atoms with Gasteiger partial charge in [-0.3, -0.25) is 0 Å². The van der Waals surface area contributed by atoms with Gasteiger partial charge in [0.1, 0.15) is 12.4 Å². The number of benzene rings is 2. The monoisotopic (exact) mass is 359 g/mol. The lowest BCUT2D eigenvalue weighted by Crippen LogP contribution is -2.23. The third-order valence-corrected chi connectivity index (χ3v) is 4.75. The van der Waals surface area contributed by atoms with Gasteiger partial charge in [-0.05, 0) is 71.4 Å². The summed E-state index contributed by atoms with van der Waals surface area (Å²) < 4.78 is 7.07. The summed E-state index contributed by atoms with van der Waals surface area (Å²) in [6.07, 6.45) is 3.67. The normalized spacial score (nSPS) is 17.6. The average Bonchev–Trinajstić information content (AvgIpc) is 3.00. The van der Waals surface area contributed by atoms with Crippen LogP contribution in [0.15, 0.2) is 46.9 Å². The summed E-state index contributed by atoms with van der Waals surface area (Å²) in [7, 11) is 0. The van der Waals surface area contributed by atoms with Gasteiger partial charge in [0.25, 0.3) is 0 Å². The van der Waals surface area contributed by atoms with Crippen molar-refractivity contribution < 1.29 is 4.74 Å². The summed E-state index contributed by atoms with van der Waals surface area (Å²) in [5, 5.41) is 3.56. The van der Waals surface area contributed by atoms with E-state index >= 15 is 0 Å². The first-order valence-electron chi connectivity index (χ1n) is 7.91. The van der Waals surface area contributed by atoms with Crippen LogP contribution in [0.4, 0.5) is 0 Å². The molecule has 0 spiro atoms. The fourth-order valence-corrected chi connectivity index (χ4v) is 3.77. The molecule has 0 saturated carbocycles. The van der Waals surface area contributed by atoms with Crippen LogP contribution in [0.5, 0.6) is 5.75 Å². The zero-order valence-electron chi connectivity index (χ0n) is 12.9. The second kappa shape index (κ2) is 7.30. The van der Waals surface area contributed by atoms with Gasteiger partial charge in [0.2, 0.25) is 0 Å². The molecule has 1 heterocycles. The van der Waals surface area contributed by atoms with Crippen LogP contribution >= 0.6 is 15.9 Å². The van der Waals surface area contributed by atoms with E-state index in [1.807, 2.05) is 18.2 Å². The fourth-order valence-electron chi connectivity index (χ4n) is 3.05. The lowest BCUT2D eigenvalue weighted by molar-refractivity contribution is 0.302. The molecule has 0 radical (unpaired) electrons. The van der Waals surface area contributed by atoms with Gasteiger partial charge in [-0.2, -0.15) is 0 Å². The molecule has 0 bridgehead atoms. The molecule has 2 aromatic carbocycles. The lowest BCUT2D eigenvalue weighted by Gasteiger charge is -2.15. The van der Waals surface area contributed by atoms with E-state index in [2.05, 4.69) is 52.4 Å². The second-order valence-corrected chi connectivity index (χ2v) is 6.85. The van der Waals surface area contributed by atoms with Gasteiger partial charge < -0.3 is 10.1 Å². The predicted octanol–water partition coefficient (Wildman–Crippen LogP) is 4.63. The molecule has 3 rings (SSSR count). The van der Waals surface area contributed by atoms with E-state index in [1.54, 1.807) is 0 Å². The van der Waals surface area contributed by atoms with E-state index in [0.29, 0.717) is 12.6 Å². The SMILES string of the molecule is Cc1cc(CC2CCCN2)cc(Br)c1OCc1ccccc1. The van der Waals surface area contributed by atoms with Crippen LogP contribution in [0.2, 0.25) is 0 Å². The maximum absolute atomic E-state index is 6.02. The Morgan fingerprint density at radius 2 is 2.00 bits per heavy atom. The highest BCUT2D eigenvalue weighted by atomic mass is 79.9. The Bertz CT molecular complexity index is 598. The third-order valence-electron chi connectivity index (χ3n) is 4.16. The Morgan fingerprint density at radius 1 is 1.18 bits per heavy atom. The van der Waals surface area contributed by atoms with Crippen LogP contribution in [-0.2, 0) is 13.0 Å². The van der Waals surface area contributed by atoms with Crippen molar-refractivity contribution in [2.45, 2.75) is 38.8 Å². The highest BCUT2D eigenvalue weighted by Crippen LogP contribution is 2.32. The van der Waals surface area contributed by atoms with E-state index in [9.17, 15) is 0 Å². The van der Waals surface area contributed by atoms with Crippen LogP contribution in [0.25, 0.3) is 0 Å². The van der Waals surface area contributed by atoms with E-state index < -0.39 is 0 Å². The van der Waals surface area contributed by atoms with Crippen LogP contribution in [0, 0.1) is 6.92 Å². The first kappa shape index (κ1) is 15.6. The zero-order chi connectivity index (χ0) is 15.4. The Morgan fingerprint density at radius 3 is 2.68 bits per heavy atom. The molecule has 3 heteroatoms. The minimum Gasteiger partial charge on any atom is -0.487 e. The van der Waals surface area contributed by atoms with Crippen molar-refractivity contribution in [1.29, 1.82) is 0 Å². The molecule has 22 heavy (non-hydrogen) atoms. The number of hydrogen-bond acceptors (Lipinski definition) is 2. The molecule has 1 N–H and O–H groups in total. The topological polar surface area (TPSA) is 21.3 Å². The minimum atomic E-state index is 0.601. The third kappa shape index (κ3) is 3.90. The first-order valence-corrected chi connectivity index (χ1v) is 8.71. The Kier molecular flexibility index (Phi) is 5.16. The Labute approximate surface area is 141 Å². The standard InChI is InChI=1S/C19H22BrNO/c1-14-10-16(11-17-8-5-9-21-17)12-18(20)19(14)22-13-15-6-3-2-4-7-15/h2-4,6-7,10,12,17,21H,5,8-9,11,13H2,1H3. The molecule has 116 valence electrons. The second-order valence-electron chi connectivity index (χ2n) is 6.00. The van der Waals surface area contributed by atoms with Gasteiger partial charge in [-0.1, -0.05) is 36.4 Å². The summed E-state index contributed by atoms with van der Waals surface area (Å²) >= 11 is 3.68. The number of aryl methyl sites for hydroxylation is 1. The van der Waals surface area contributed by atoms with Crippen LogP contribution in [0.3, 0.4) is 0 Å². The maximum atomic E-state index is 6.02. The molecule has 1 unspecified atom stereocenters. The molecular formula is C19H22BrNO. The first-order chi connectivity index (χ1) is 10.7. The van der Waals surface area contributed by atoms with Crippen molar-refractivity contribution in [2.24, 2.45) is 0 Å². The average molecular weight is 360 g/mol. The lowest BCUT2D eigenvalue weighted by atomic mass is 10.0. The van der Waals surface area contributed by atoms with Gasteiger partial charge in [-0.15, -0.1) is 0 Å². The van der Waals surface area contributed by atoms with E-state index in [4.69, 9.17) is 4.74 Å². The van der Waals surface area contributed by atoms with Gasteiger partial charge in [0.05, 0.1) is 4.47 Å². The largest absolute Gasteiger partial charge is 0.487 e. The van der Waals surface area contributed by atoms with Gasteiger partial charge in [-0.25, -0.2) is 0 Å². The van der Waals surface area contributed by atoms with Gasteiger partial charge in [0.15, 0.2) is 0 Å². The summed E-state index contributed by atoms with van der Waals surface area (Å²) in [6, 6.07) is 15.4. The van der Waals surface area contributed by atoms with Gasteiger partial charge >= 0.3 is 0 Å². The number of halogens is 1. The van der Waals surface area contributed by atoms with E-state index in [-0.39, 0.29) is 0 Å². The molecule has 1 aliphatic rings. The number of nitrogens with one attached hydrogen (secondary N) is 1. The smallest absolute Gasteiger partial charge is 0.136 e. The molecule has 0 amide bonds. The van der Waals surface area contributed by atoms with Crippen molar-refractivity contribution in [2.75, 3.05) is 6.54 Å². The predicted molar refractivity (Wildman–Crippen MR) is 94.4 cm³/mol. The molecular weight excluding hydrogens is 338 g/mol. The van der Waals surface area contributed by atoms with Crippen molar-refractivity contribution in [3.05, 3.63) is 63.6 Å². The number of ether oxygens (including phenoxy) is 1. The highest BCUT2D eigenvalue weighted by molar-refractivity contribution is 9.10. The fraction of sp³-hybridized carbons (Fsp3) is 0.368. The molecule has 0 aliphatic carbocycles. The molecule has 2 aromatic rings. The van der Waals surface area contributed by atoms with Crippen molar-refractivity contribution in [3.63, 3.8) is 0 Å². The van der Waals surface area contributed by atoms with Gasteiger partial charge in [0, 0.05) is 6.04 Å². The van der Waals surface area contributed by atoms with Crippen LogP contribution < -0.4 is 10.1 Å². The Balaban J connectivity index is 1.69. The van der Waals surface area contributed by atoms with E-state index in [0.717, 1.165) is 23.2 Å². The van der Waals surface area contributed by atoms with Crippen molar-refractivity contribution in [3.8, 4) is 5.75 Å². The molecule has 1 atom stereocenters. The number of rotatable bonds is 5. The quantitative estimate of drug-likeness (QED) is 0.839. The molecule has 1 saturated heterocycles. The van der Waals surface area contributed by atoms with E-state index in [1.165, 1.54) is 29.5 Å². The number of hydrogen-bond donors (Lipinski definition) is 1. The molecule has 2 nitrogen and oxygen atoms in total. The molecule has 0 aromatic heterocycles. The molecule has 1 fully saturated rings. The zero-order valence-corrected chi connectivity index (χ0v) is 14.5. The summed E-state index contributed by atoms with van der Waals surface area (Å²) in [5.74, 6) is 0.951. The summed E-state index contributed by atoms with van der Waals surface area (Å²) in [4.78, 5) is 0. The Hall–Kier alpha value is -1.32. The van der Waals surface area contributed by atoms with Crippen LogP contribution in [0.1, 0.15) is 29.5 Å².